The van der Waals surface area contributed by atoms with Gasteiger partial charge in [0.2, 0.25) is 17.7 Å². The molecule has 0 fully saturated rings. The molecule has 0 spiro atoms. The van der Waals surface area contributed by atoms with Crippen LogP contribution in [0.15, 0.2) is 48.5 Å². The fraction of sp³-hybridized carbons (Fsp3) is 0.292. The predicted octanol–water partition coefficient (Wildman–Crippen LogP) is 1.70. The number of rotatable bonds is 7. The molecule has 168 valence electrons. The van der Waals surface area contributed by atoms with Gasteiger partial charge in [0.05, 0.1) is 23.6 Å². The number of hydrogen-bond donors (Lipinski definition) is 4. The van der Waals surface area contributed by atoms with Gasteiger partial charge in [-0.15, -0.1) is 0 Å². The first-order valence-corrected chi connectivity index (χ1v) is 10.6. The van der Waals surface area contributed by atoms with Crippen molar-refractivity contribution in [2.45, 2.75) is 32.2 Å². The average Bonchev–Trinajstić information content (AvgIpc) is 2.81. The lowest BCUT2D eigenvalue weighted by Gasteiger charge is -2.29. The van der Waals surface area contributed by atoms with Crippen molar-refractivity contribution in [3.63, 3.8) is 0 Å². The lowest BCUT2D eigenvalue weighted by molar-refractivity contribution is -0.122. The second-order valence-corrected chi connectivity index (χ2v) is 7.61. The van der Waals surface area contributed by atoms with E-state index in [9.17, 15) is 14.4 Å². The highest BCUT2D eigenvalue weighted by Gasteiger charge is 2.25. The van der Waals surface area contributed by atoms with E-state index in [4.69, 9.17) is 11.5 Å². The summed E-state index contributed by atoms with van der Waals surface area (Å²) in [6.07, 6.45) is 1.13. The van der Waals surface area contributed by atoms with E-state index >= 15 is 0 Å². The summed E-state index contributed by atoms with van der Waals surface area (Å²) >= 11 is 0. The first-order chi connectivity index (χ1) is 15.4. The molecule has 0 unspecified atom stereocenters. The molecule has 2 aromatic carbocycles. The minimum atomic E-state index is -0.180. The largest absolute Gasteiger partial charge is 0.397 e. The van der Waals surface area contributed by atoms with Crippen LogP contribution in [-0.2, 0) is 20.9 Å². The predicted molar refractivity (Wildman–Crippen MR) is 125 cm³/mol. The molecule has 1 aliphatic heterocycles. The van der Waals surface area contributed by atoms with E-state index in [0.29, 0.717) is 42.0 Å². The third-order valence-electron chi connectivity index (χ3n) is 5.46. The van der Waals surface area contributed by atoms with Gasteiger partial charge in [0.15, 0.2) is 0 Å². The highest BCUT2D eigenvalue weighted by Crippen LogP contribution is 2.33. The van der Waals surface area contributed by atoms with Crippen LogP contribution in [0.5, 0.6) is 0 Å². The third kappa shape index (κ3) is 5.26. The van der Waals surface area contributed by atoms with Crippen molar-refractivity contribution in [3.05, 3.63) is 65.2 Å². The smallest absolute Gasteiger partial charge is 0.229 e. The zero-order chi connectivity index (χ0) is 23.1. The zero-order valence-corrected chi connectivity index (χ0v) is 18.2. The number of carbonyl (C=O) groups excluding carboxylic acids is 3. The summed E-state index contributed by atoms with van der Waals surface area (Å²) in [5.41, 5.74) is 16.7. The normalized spacial score (nSPS) is 15.1. The number of nitrogens with two attached hydrogens (primary N) is 2. The fourth-order valence-electron chi connectivity index (χ4n) is 3.69. The van der Waals surface area contributed by atoms with E-state index in [1.54, 1.807) is 11.9 Å². The number of benzene rings is 2. The number of anilines is 1. The number of nitrogens with one attached hydrogen (secondary N) is 2. The maximum absolute atomic E-state index is 13.2. The highest BCUT2D eigenvalue weighted by atomic mass is 16.2. The van der Waals surface area contributed by atoms with Crippen LogP contribution in [0, 0.1) is 0 Å². The van der Waals surface area contributed by atoms with Crippen LogP contribution in [-0.4, -0.2) is 31.3 Å². The molecular weight excluding hydrogens is 406 g/mol. The molecule has 0 bridgehead atoms. The molecule has 0 aliphatic carbocycles. The quantitative estimate of drug-likeness (QED) is 0.526. The van der Waals surface area contributed by atoms with E-state index in [2.05, 4.69) is 10.6 Å². The van der Waals surface area contributed by atoms with Gasteiger partial charge in [0, 0.05) is 44.0 Å². The molecule has 0 aromatic heterocycles. The Kier molecular flexibility index (Phi) is 7.49. The van der Waals surface area contributed by atoms with E-state index in [-0.39, 0.29) is 37.1 Å². The molecule has 1 aliphatic rings. The van der Waals surface area contributed by atoms with Crippen LogP contribution in [0.1, 0.15) is 42.4 Å². The van der Waals surface area contributed by atoms with Gasteiger partial charge in [-0.3, -0.25) is 14.4 Å². The van der Waals surface area contributed by atoms with Crippen molar-refractivity contribution < 1.29 is 14.4 Å². The molecule has 8 nitrogen and oxygen atoms in total. The van der Waals surface area contributed by atoms with Crippen molar-refractivity contribution >= 4 is 34.8 Å². The molecule has 1 heterocycles. The molecule has 0 atom stereocenters. The Hall–Kier alpha value is -3.81. The maximum Gasteiger partial charge on any atom is 0.229 e. The minimum Gasteiger partial charge on any atom is -0.397 e. The number of hydrogen-bond acceptors (Lipinski definition) is 5. The van der Waals surface area contributed by atoms with Gasteiger partial charge in [-0.2, -0.15) is 0 Å². The number of carbonyl (C=O) groups is 3. The molecule has 0 saturated heterocycles. The van der Waals surface area contributed by atoms with Crippen LogP contribution in [0.4, 0.5) is 5.69 Å². The Morgan fingerprint density at radius 2 is 1.50 bits per heavy atom. The number of nitrogens with zero attached hydrogens (tertiary/aromatic N) is 1. The molecule has 8 heteroatoms. The van der Waals surface area contributed by atoms with Crippen LogP contribution in [0.2, 0.25) is 0 Å². The maximum atomic E-state index is 13.2. The first-order valence-electron chi connectivity index (χ1n) is 10.6. The van der Waals surface area contributed by atoms with E-state index in [0.717, 1.165) is 11.1 Å². The van der Waals surface area contributed by atoms with Gasteiger partial charge in [-0.05, 0) is 18.1 Å². The van der Waals surface area contributed by atoms with Crippen molar-refractivity contribution in [2.75, 3.05) is 18.5 Å². The summed E-state index contributed by atoms with van der Waals surface area (Å²) in [4.78, 5) is 38.1. The van der Waals surface area contributed by atoms with Crippen LogP contribution in [0.3, 0.4) is 0 Å². The summed E-state index contributed by atoms with van der Waals surface area (Å²) in [5.74, 6) is -0.413. The second-order valence-electron chi connectivity index (χ2n) is 7.61. The number of amides is 3. The van der Waals surface area contributed by atoms with E-state index in [1.165, 1.54) is 0 Å². The molecule has 3 amide bonds. The van der Waals surface area contributed by atoms with Gasteiger partial charge in [0.1, 0.15) is 0 Å². The summed E-state index contributed by atoms with van der Waals surface area (Å²) in [6, 6.07) is 15.0. The average molecular weight is 436 g/mol. The first kappa shape index (κ1) is 22.9. The minimum absolute atomic E-state index is 0.0991. The van der Waals surface area contributed by atoms with Crippen molar-refractivity contribution in [3.8, 4) is 0 Å². The zero-order valence-electron chi connectivity index (χ0n) is 18.2. The lowest BCUT2D eigenvalue weighted by Crippen LogP contribution is -2.36. The number of fused-ring (bicyclic) bond motifs is 2. The van der Waals surface area contributed by atoms with Crippen LogP contribution >= 0.6 is 0 Å². The molecule has 6 N–H and O–H groups in total. The van der Waals surface area contributed by atoms with Gasteiger partial charge >= 0.3 is 0 Å². The summed E-state index contributed by atoms with van der Waals surface area (Å²) < 4.78 is 0. The Labute approximate surface area is 187 Å². The van der Waals surface area contributed by atoms with Gasteiger partial charge in [-0.1, -0.05) is 42.5 Å². The van der Waals surface area contributed by atoms with Gasteiger partial charge < -0.3 is 27.0 Å². The summed E-state index contributed by atoms with van der Waals surface area (Å²) in [5, 5.41) is 5.28. The molecule has 32 heavy (non-hydrogen) atoms. The molecule has 0 radical (unpaired) electrons. The Morgan fingerprint density at radius 3 is 2.25 bits per heavy atom. The number of para-hydroxylation sites is 1. The standard InChI is InChI=1S/C24H29N5O3/c1-27-20(30)11-6-12-21(31)28-14-13-22(32)29-15-16-7-2-3-8-17(16)23(25)24(26)18-9-4-5-10-19(18)29/h2-5,7-10H,6,11-15,25-26H2,1H3,(H,27,30)(H,28,31)/b24-23-. The third-order valence-corrected chi connectivity index (χ3v) is 5.46. The second kappa shape index (κ2) is 10.5. The van der Waals surface area contributed by atoms with Crippen molar-refractivity contribution in [2.24, 2.45) is 11.5 Å². The Bertz CT molecular complexity index is 1050. The molecule has 3 rings (SSSR count). The molecule has 0 saturated carbocycles. The SMILES string of the molecule is CNC(=O)CCCC(=O)NCCC(=O)N1Cc2ccccc2/C(N)=C(/N)c2ccccc21. The van der Waals surface area contributed by atoms with E-state index < -0.39 is 0 Å². The Morgan fingerprint density at radius 1 is 0.875 bits per heavy atom. The van der Waals surface area contributed by atoms with Crippen molar-refractivity contribution in [1.82, 2.24) is 10.6 Å². The lowest BCUT2D eigenvalue weighted by atomic mass is 9.96. The van der Waals surface area contributed by atoms with Gasteiger partial charge in [0.25, 0.3) is 0 Å². The monoisotopic (exact) mass is 435 g/mol. The molecule has 2 aromatic rings. The van der Waals surface area contributed by atoms with Crippen molar-refractivity contribution in [1.29, 1.82) is 0 Å². The van der Waals surface area contributed by atoms with Crippen LogP contribution in [0.25, 0.3) is 11.4 Å². The Balaban J connectivity index is 1.72. The summed E-state index contributed by atoms with van der Waals surface area (Å²) in [7, 11) is 1.56. The summed E-state index contributed by atoms with van der Waals surface area (Å²) in [6.45, 7) is 0.561. The fourth-order valence-corrected chi connectivity index (χ4v) is 3.69. The topological polar surface area (TPSA) is 131 Å². The van der Waals surface area contributed by atoms with Crippen LogP contribution < -0.4 is 27.0 Å². The highest BCUT2D eigenvalue weighted by molar-refractivity contribution is 6.01. The van der Waals surface area contributed by atoms with E-state index in [1.807, 2.05) is 48.5 Å². The molecular formula is C24H29N5O3. The van der Waals surface area contributed by atoms with Gasteiger partial charge in [-0.25, -0.2) is 0 Å².